The molecule has 0 aliphatic carbocycles. The van der Waals surface area contributed by atoms with Crippen LogP contribution in [0.2, 0.25) is 0 Å². The minimum Gasteiger partial charge on any atom is -0.397 e. The Morgan fingerprint density at radius 3 is 2.43 bits per heavy atom. The molecule has 1 rings (SSSR count). The minimum absolute atomic E-state index is 0.170. The molecular weight excluding hydrogens is 174 g/mol. The van der Waals surface area contributed by atoms with Crippen LogP contribution in [0.4, 0.5) is 5.69 Å². The first-order chi connectivity index (χ1) is 6.39. The standard InChI is InChI=1S/C11H19N3/c1-11(2,3)14(4)8-10-6-5-9(12)7-13-10/h5-7H,8,12H2,1-4H3. The highest BCUT2D eigenvalue weighted by atomic mass is 15.2. The van der Waals surface area contributed by atoms with Crippen molar-refractivity contribution in [2.24, 2.45) is 0 Å². The van der Waals surface area contributed by atoms with Crippen LogP contribution in [0, 0.1) is 0 Å². The van der Waals surface area contributed by atoms with Crippen LogP contribution in [0.1, 0.15) is 26.5 Å². The van der Waals surface area contributed by atoms with Gasteiger partial charge in [-0.1, -0.05) is 0 Å². The van der Waals surface area contributed by atoms with Crippen molar-refractivity contribution in [3.63, 3.8) is 0 Å². The van der Waals surface area contributed by atoms with E-state index in [0.717, 1.165) is 12.2 Å². The fraction of sp³-hybridized carbons (Fsp3) is 0.545. The highest BCUT2D eigenvalue weighted by molar-refractivity contribution is 5.34. The molecule has 0 spiro atoms. The number of rotatable bonds is 2. The first-order valence-corrected chi connectivity index (χ1v) is 4.81. The van der Waals surface area contributed by atoms with Crippen molar-refractivity contribution < 1.29 is 0 Å². The van der Waals surface area contributed by atoms with E-state index >= 15 is 0 Å². The molecule has 0 aliphatic heterocycles. The van der Waals surface area contributed by atoms with Gasteiger partial charge in [-0.25, -0.2) is 0 Å². The Bertz CT molecular complexity index is 284. The Labute approximate surface area is 85.9 Å². The van der Waals surface area contributed by atoms with Crippen LogP contribution in [-0.4, -0.2) is 22.5 Å². The molecule has 1 aromatic heterocycles. The molecular formula is C11H19N3. The van der Waals surface area contributed by atoms with Crippen molar-refractivity contribution in [1.82, 2.24) is 9.88 Å². The normalized spacial score (nSPS) is 12.1. The molecule has 1 aromatic rings. The Morgan fingerprint density at radius 2 is 2.00 bits per heavy atom. The van der Waals surface area contributed by atoms with Crippen molar-refractivity contribution in [2.75, 3.05) is 12.8 Å². The molecule has 0 aromatic carbocycles. The number of hydrogen-bond acceptors (Lipinski definition) is 3. The summed E-state index contributed by atoms with van der Waals surface area (Å²) >= 11 is 0. The van der Waals surface area contributed by atoms with E-state index in [9.17, 15) is 0 Å². The molecule has 1 heterocycles. The topological polar surface area (TPSA) is 42.1 Å². The molecule has 0 aliphatic rings. The van der Waals surface area contributed by atoms with Crippen molar-refractivity contribution in [1.29, 1.82) is 0 Å². The van der Waals surface area contributed by atoms with E-state index in [1.807, 2.05) is 12.1 Å². The molecule has 0 fully saturated rings. The smallest absolute Gasteiger partial charge is 0.0545 e. The summed E-state index contributed by atoms with van der Waals surface area (Å²) in [6.45, 7) is 7.41. The Kier molecular flexibility index (Phi) is 3.11. The predicted octanol–water partition coefficient (Wildman–Crippen LogP) is 1.89. The summed E-state index contributed by atoms with van der Waals surface area (Å²) in [5.41, 5.74) is 7.50. The molecule has 0 saturated carbocycles. The van der Waals surface area contributed by atoms with Gasteiger partial charge < -0.3 is 5.73 Å². The van der Waals surface area contributed by atoms with Gasteiger partial charge in [0.25, 0.3) is 0 Å². The first kappa shape index (κ1) is 11.0. The summed E-state index contributed by atoms with van der Waals surface area (Å²) in [4.78, 5) is 6.52. The van der Waals surface area contributed by atoms with Gasteiger partial charge in [0.15, 0.2) is 0 Å². The van der Waals surface area contributed by atoms with Crippen molar-refractivity contribution in [3.8, 4) is 0 Å². The molecule has 0 atom stereocenters. The molecule has 0 radical (unpaired) electrons. The fourth-order valence-corrected chi connectivity index (χ4v) is 1.01. The number of hydrogen-bond donors (Lipinski definition) is 1. The van der Waals surface area contributed by atoms with Crippen LogP contribution in [0.15, 0.2) is 18.3 Å². The lowest BCUT2D eigenvalue weighted by molar-refractivity contribution is 0.165. The van der Waals surface area contributed by atoms with Gasteiger partial charge in [0.1, 0.15) is 0 Å². The largest absolute Gasteiger partial charge is 0.397 e. The van der Waals surface area contributed by atoms with Gasteiger partial charge in [0.2, 0.25) is 0 Å². The molecule has 0 amide bonds. The van der Waals surface area contributed by atoms with Crippen molar-refractivity contribution in [3.05, 3.63) is 24.0 Å². The SMILES string of the molecule is CN(Cc1ccc(N)cn1)C(C)(C)C. The van der Waals surface area contributed by atoms with Crippen molar-refractivity contribution in [2.45, 2.75) is 32.9 Å². The van der Waals surface area contributed by atoms with Gasteiger partial charge in [-0.05, 0) is 40.0 Å². The third-order valence-corrected chi connectivity index (χ3v) is 2.39. The maximum atomic E-state index is 5.57. The monoisotopic (exact) mass is 193 g/mol. The van der Waals surface area contributed by atoms with Gasteiger partial charge in [-0.3, -0.25) is 9.88 Å². The molecule has 14 heavy (non-hydrogen) atoms. The van der Waals surface area contributed by atoms with E-state index in [1.165, 1.54) is 0 Å². The number of nitrogens with two attached hydrogens (primary N) is 1. The van der Waals surface area contributed by atoms with Gasteiger partial charge >= 0.3 is 0 Å². The number of nitrogen functional groups attached to an aromatic ring is 1. The second-order valence-electron chi connectivity index (χ2n) is 4.61. The average molecular weight is 193 g/mol. The summed E-state index contributed by atoms with van der Waals surface area (Å²) < 4.78 is 0. The van der Waals surface area contributed by atoms with E-state index < -0.39 is 0 Å². The van der Waals surface area contributed by atoms with Gasteiger partial charge in [0, 0.05) is 12.1 Å². The zero-order valence-corrected chi connectivity index (χ0v) is 9.41. The summed E-state index contributed by atoms with van der Waals surface area (Å²) in [7, 11) is 2.10. The second kappa shape index (κ2) is 3.96. The van der Waals surface area contributed by atoms with Crippen LogP contribution in [-0.2, 0) is 6.54 Å². The lowest BCUT2D eigenvalue weighted by atomic mass is 10.1. The zero-order valence-electron chi connectivity index (χ0n) is 9.41. The summed E-state index contributed by atoms with van der Waals surface area (Å²) in [5, 5.41) is 0. The van der Waals surface area contributed by atoms with Crippen LogP contribution < -0.4 is 5.73 Å². The summed E-state index contributed by atoms with van der Waals surface area (Å²) in [6.07, 6.45) is 1.70. The quantitative estimate of drug-likeness (QED) is 0.780. The van der Waals surface area contributed by atoms with E-state index in [2.05, 4.69) is 37.7 Å². The third-order valence-electron chi connectivity index (χ3n) is 2.39. The van der Waals surface area contributed by atoms with Crippen LogP contribution in [0.5, 0.6) is 0 Å². The molecule has 0 bridgehead atoms. The Balaban J connectivity index is 2.65. The molecule has 0 unspecified atom stereocenters. The fourth-order valence-electron chi connectivity index (χ4n) is 1.01. The number of pyridine rings is 1. The molecule has 0 saturated heterocycles. The Hall–Kier alpha value is -1.09. The van der Waals surface area contributed by atoms with Crippen molar-refractivity contribution >= 4 is 5.69 Å². The highest BCUT2D eigenvalue weighted by Crippen LogP contribution is 2.13. The number of aromatic nitrogens is 1. The highest BCUT2D eigenvalue weighted by Gasteiger charge is 2.16. The zero-order chi connectivity index (χ0) is 10.8. The number of anilines is 1. The lowest BCUT2D eigenvalue weighted by Gasteiger charge is -2.31. The molecule has 78 valence electrons. The minimum atomic E-state index is 0.170. The number of nitrogens with zero attached hydrogens (tertiary/aromatic N) is 2. The second-order valence-corrected chi connectivity index (χ2v) is 4.61. The van der Waals surface area contributed by atoms with E-state index in [1.54, 1.807) is 6.20 Å². The van der Waals surface area contributed by atoms with E-state index in [-0.39, 0.29) is 5.54 Å². The predicted molar refractivity (Wildman–Crippen MR) is 59.9 cm³/mol. The van der Waals surface area contributed by atoms with Gasteiger partial charge in [-0.2, -0.15) is 0 Å². The van der Waals surface area contributed by atoms with Crippen LogP contribution in [0.25, 0.3) is 0 Å². The summed E-state index contributed by atoms with van der Waals surface area (Å²) in [5.74, 6) is 0. The maximum Gasteiger partial charge on any atom is 0.0545 e. The van der Waals surface area contributed by atoms with Gasteiger partial charge in [-0.15, -0.1) is 0 Å². The third kappa shape index (κ3) is 3.00. The lowest BCUT2D eigenvalue weighted by Crippen LogP contribution is -2.37. The Morgan fingerprint density at radius 1 is 1.36 bits per heavy atom. The first-order valence-electron chi connectivity index (χ1n) is 4.81. The molecule has 3 heteroatoms. The van der Waals surface area contributed by atoms with Crippen LogP contribution >= 0.6 is 0 Å². The summed E-state index contributed by atoms with van der Waals surface area (Å²) in [6, 6.07) is 3.86. The molecule has 2 N–H and O–H groups in total. The average Bonchev–Trinajstić information content (AvgIpc) is 2.07. The maximum absolute atomic E-state index is 5.57. The molecule has 3 nitrogen and oxygen atoms in total. The van der Waals surface area contributed by atoms with E-state index in [0.29, 0.717) is 5.69 Å². The van der Waals surface area contributed by atoms with Crippen LogP contribution in [0.3, 0.4) is 0 Å². The van der Waals surface area contributed by atoms with Gasteiger partial charge in [0.05, 0.1) is 17.6 Å². The van der Waals surface area contributed by atoms with E-state index in [4.69, 9.17) is 5.73 Å².